The topological polar surface area (TPSA) is 87.0 Å². The van der Waals surface area contributed by atoms with Gasteiger partial charge in [-0.2, -0.15) is 0 Å². The van der Waals surface area contributed by atoms with Gasteiger partial charge >= 0.3 is 0 Å². The van der Waals surface area contributed by atoms with Crippen molar-refractivity contribution < 1.29 is 0 Å². The lowest BCUT2D eigenvalue weighted by Crippen LogP contribution is -2.18. The maximum Gasteiger partial charge on any atom is 0.00224 e. The summed E-state index contributed by atoms with van der Waals surface area (Å²) in [5.41, 5.74) is 10.5. The van der Waals surface area contributed by atoms with Gasteiger partial charge in [0.2, 0.25) is 0 Å². The first-order chi connectivity index (χ1) is 2.77. The van der Waals surface area contributed by atoms with Gasteiger partial charge in [0, 0.05) is 6.04 Å². The highest BCUT2D eigenvalue weighted by Crippen LogP contribution is 1.77. The van der Waals surface area contributed by atoms with Crippen LogP contribution in [0.1, 0.15) is 13.3 Å². The third-order valence-corrected chi connectivity index (χ3v) is 0.622. The highest BCUT2D eigenvalue weighted by atomic mass is 14.6. The zero-order valence-electron chi connectivity index (χ0n) is 4.85. The molecule has 0 aromatic carbocycles. The summed E-state index contributed by atoms with van der Waals surface area (Å²) < 4.78 is 0. The van der Waals surface area contributed by atoms with E-state index in [4.69, 9.17) is 11.5 Å². The summed E-state index contributed by atoms with van der Waals surface area (Å²) in [7, 11) is 0. The van der Waals surface area contributed by atoms with Crippen molar-refractivity contribution >= 4 is 0 Å². The number of hydrogen-bond donors (Lipinski definition) is 3. The van der Waals surface area contributed by atoms with Gasteiger partial charge in [-0.3, -0.25) is 0 Å². The standard InChI is InChI=1S/C4H12N2.H3N/c1-4(6)2-3-5;/h4H,2-3,5-6H2,1H3;1H3. The minimum absolute atomic E-state index is 0. The van der Waals surface area contributed by atoms with Gasteiger partial charge in [0.1, 0.15) is 0 Å². The van der Waals surface area contributed by atoms with Crippen LogP contribution in [0.2, 0.25) is 0 Å². The van der Waals surface area contributed by atoms with Gasteiger partial charge in [-0.15, -0.1) is 0 Å². The summed E-state index contributed by atoms with van der Waals surface area (Å²) in [6, 6.07) is 0.273. The van der Waals surface area contributed by atoms with Crippen LogP contribution in [0.15, 0.2) is 0 Å². The fourth-order valence-corrected chi connectivity index (χ4v) is 0.263. The van der Waals surface area contributed by atoms with E-state index in [2.05, 4.69) is 0 Å². The van der Waals surface area contributed by atoms with E-state index in [-0.39, 0.29) is 12.2 Å². The zero-order valence-corrected chi connectivity index (χ0v) is 4.85. The Hall–Kier alpha value is -0.120. The van der Waals surface area contributed by atoms with Crippen LogP contribution in [0.5, 0.6) is 0 Å². The van der Waals surface area contributed by atoms with E-state index in [1.54, 1.807) is 0 Å². The molecule has 0 heterocycles. The number of hydrogen-bond acceptors (Lipinski definition) is 3. The molecule has 0 amide bonds. The monoisotopic (exact) mass is 105 g/mol. The smallest absolute Gasteiger partial charge is 0.00224 e. The van der Waals surface area contributed by atoms with Crippen LogP contribution in [0.25, 0.3) is 0 Å². The minimum Gasteiger partial charge on any atom is -0.344 e. The molecule has 0 saturated heterocycles. The predicted molar refractivity (Wildman–Crippen MR) is 32.3 cm³/mol. The summed E-state index contributed by atoms with van der Waals surface area (Å²) >= 11 is 0. The Labute approximate surface area is 44.6 Å². The van der Waals surface area contributed by atoms with Gasteiger partial charge in [0.25, 0.3) is 0 Å². The summed E-state index contributed by atoms with van der Waals surface area (Å²) in [6.45, 7) is 2.66. The third kappa shape index (κ3) is 10.7. The van der Waals surface area contributed by atoms with Gasteiger partial charge in [0.05, 0.1) is 0 Å². The molecular weight excluding hydrogens is 90.1 g/mol. The van der Waals surface area contributed by atoms with Gasteiger partial charge in [-0.1, -0.05) is 0 Å². The van der Waals surface area contributed by atoms with Gasteiger partial charge in [-0.25, -0.2) is 0 Å². The van der Waals surface area contributed by atoms with E-state index in [1.807, 2.05) is 6.92 Å². The Kier molecular flexibility index (Phi) is 8.39. The van der Waals surface area contributed by atoms with Gasteiger partial charge in [-0.05, 0) is 19.9 Å². The molecule has 3 heteroatoms. The molecule has 1 unspecified atom stereocenters. The lowest BCUT2D eigenvalue weighted by molar-refractivity contribution is 0.676. The largest absolute Gasteiger partial charge is 0.344 e. The molecule has 7 N–H and O–H groups in total. The molecule has 0 aliphatic heterocycles. The van der Waals surface area contributed by atoms with E-state index in [1.165, 1.54) is 0 Å². The molecule has 7 heavy (non-hydrogen) atoms. The molecule has 0 aromatic rings. The van der Waals surface area contributed by atoms with Crippen molar-refractivity contribution in [1.82, 2.24) is 6.15 Å². The van der Waals surface area contributed by atoms with Crippen molar-refractivity contribution in [3.05, 3.63) is 0 Å². The molecule has 0 aliphatic carbocycles. The van der Waals surface area contributed by atoms with Crippen LogP contribution in [-0.4, -0.2) is 12.6 Å². The second-order valence-electron chi connectivity index (χ2n) is 1.55. The Bertz CT molecular complexity index is 28.1. The van der Waals surface area contributed by atoms with Gasteiger partial charge in [0.15, 0.2) is 0 Å². The van der Waals surface area contributed by atoms with E-state index in [9.17, 15) is 0 Å². The first-order valence-electron chi connectivity index (χ1n) is 2.23. The van der Waals surface area contributed by atoms with Crippen molar-refractivity contribution in [3.63, 3.8) is 0 Å². The van der Waals surface area contributed by atoms with Crippen molar-refractivity contribution in [2.24, 2.45) is 11.5 Å². The predicted octanol–water partition coefficient (Wildman–Crippen LogP) is -0.156. The van der Waals surface area contributed by atoms with E-state index in [0.717, 1.165) is 6.42 Å². The molecular formula is C4H15N3. The molecule has 0 radical (unpaired) electrons. The molecule has 0 fully saturated rings. The van der Waals surface area contributed by atoms with E-state index < -0.39 is 0 Å². The van der Waals surface area contributed by atoms with E-state index >= 15 is 0 Å². The minimum atomic E-state index is 0. The van der Waals surface area contributed by atoms with Crippen LogP contribution in [-0.2, 0) is 0 Å². The average Bonchev–Trinajstić information content (AvgIpc) is 1.35. The summed E-state index contributed by atoms with van der Waals surface area (Å²) in [5, 5.41) is 0. The Balaban J connectivity index is 0. The Morgan fingerprint density at radius 2 is 2.00 bits per heavy atom. The first kappa shape index (κ1) is 9.99. The Morgan fingerprint density at radius 1 is 1.57 bits per heavy atom. The zero-order chi connectivity index (χ0) is 4.99. The van der Waals surface area contributed by atoms with Crippen molar-refractivity contribution in [1.29, 1.82) is 0 Å². The summed E-state index contributed by atoms with van der Waals surface area (Å²) in [4.78, 5) is 0. The van der Waals surface area contributed by atoms with Crippen molar-refractivity contribution in [2.45, 2.75) is 19.4 Å². The molecule has 0 saturated carbocycles. The van der Waals surface area contributed by atoms with Crippen molar-refractivity contribution in [3.8, 4) is 0 Å². The maximum absolute atomic E-state index is 5.32. The van der Waals surface area contributed by atoms with Crippen LogP contribution in [0, 0.1) is 0 Å². The molecule has 0 aromatic heterocycles. The molecule has 1 atom stereocenters. The van der Waals surface area contributed by atoms with Crippen LogP contribution in [0.3, 0.4) is 0 Å². The highest BCUT2D eigenvalue weighted by Gasteiger charge is 1.85. The van der Waals surface area contributed by atoms with Crippen LogP contribution < -0.4 is 17.6 Å². The maximum atomic E-state index is 5.32. The number of nitrogens with two attached hydrogens (primary N) is 2. The molecule has 0 aliphatic rings. The lowest BCUT2D eigenvalue weighted by Gasteiger charge is -1.96. The molecule has 0 rings (SSSR count). The average molecular weight is 105 g/mol. The Morgan fingerprint density at radius 3 is 2.00 bits per heavy atom. The number of rotatable bonds is 2. The normalized spacial score (nSPS) is 12.4. The summed E-state index contributed by atoms with van der Waals surface area (Å²) in [5.74, 6) is 0. The van der Waals surface area contributed by atoms with E-state index in [0.29, 0.717) is 6.54 Å². The second kappa shape index (κ2) is 5.88. The molecule has 0 bridgehead atoms. The molecule has 46 valence electrons. The molecule has 0 spiro atoms. The SMILES string of the molecule is CC(N)CCN.N. The first-order valence-corrected chi connectivity index (χ1v) is 2.23. The highest BCUT2D eigenvalue weighted by molar-refractivity contribution is 4.50. The van der Waals surface area contributed by atoms with Gasteiger partial charge < -0.3 is 17.6 Å². The second-order valence-corrected chi connectivity index (χ2v) is 1.55. The summed E-state index contributed by atoms with van der Waals surface area (Å²) in [6.07, 6.45) is 0.931. The lowest BCUT2D eigenvalue weighted by atomic mass is 10.3. The van der Waals surface area contributed by atoms with Crippen LogP contribution >= 0.6 is 0 Å². The fraction of sp³-hybridized carbons (Fsp3) is 1.00. The van der Waals surface area contributed by atoms with Crippen molar-refractivity contribution in [2.75, 3.05) is 6.54 Å². The third-order valence-electron chi connectivity index (χ3n) is 0.622. The fourth-order valence-electron chi connectivity index (χ4n) is 0.263. The van der Waals surface area contributed by atoms with Crippen LogP contribution in [0.4, 0.5) is 0 Å². The molecule has 3 nitrogen and oxygen atoms in total. The quantitative estimate of drug-likeness (QED) is 0.456.